The molecule has 0 atom stereocenters. The Labute approximate surface area is 149 Å². The zero-order valence-corrected chi connectivity index (χ0v) is 15.2. The smallest absolute Gasteiger partial charge is 0.217 e. The summed E-state index contributed by atoms with van der Waals surface area (Å²) in [5.41, 5.74) is 2.06. The van der Waals surface area contributed by atoms with Crippen LogP contribution >= 0.6 is 22.7 Å². The molecule has 0 radical (unpaired) electrons. The molecule has 1 aromatic carbocycles. The molecule has 0 saturated heterocycles. The molecule has 0 aliphatic carbocycles. The van der Waals surface area contributed by atoms with Gasteiger partial charge in [-0.15, -0.1) is 22.7 Å². The summed E-state index contributed by atoms with van der Waals surface area (Å²) < 4.78 is 5.47. The van der Waals surface area contributed by atoms with E-state index >= 15 is 0 Å². The van der Waals surface area contributed by atoms with Gasteiger partial charge in [0.25, 0.3) is 0 Å². The van der Waals surface area contributed by atoms with Gasteiger partial charge in [-0.2, -0.15) is 0 Å². The van der Waals surface area contributed by atoms with E-state index in [1.165, 1.54) is 6.92 Å². The molecule has 1 amide bonds. The van der Waals surface area contributed by atoms with Gasteiger partial charge < -0.3 is 10.1 Å². The van der Waals surface area contributed by atoms with Gasteiger partial charge in [-0.1, -0.05) is 0 Å². The lowest BCUT2D eigenvalue weighted by molar-refractivity contribution is -0.119. The summed E-state index contributed by atoms with van der Waals surface area (Å²) in [6, 6.07) is 12.1. The van der Waals surface area contributed by atoms with Crippen LogP contribution in [0.25, 0.3) is 21.1 Å². The zero-order chi connectivity index (χ0) is 16.9. The second-order valence-electron chi connectivity index (χ2n) is 5.17. The van der Waals surface area contributed by atoms with Crippen LogP contribution in [0.3, 0.4) is 0 Å². The van der Waals surface area contributed by atoms with Crippen molar-refractivity contribution in [2.24, 2.45) is 0 Å². The van der Waals surface area contributed by atoms with E-state index in [1.54, 1.807) is 22.7 Å². The fraction of sp³-hybridized carbons (Fsp3) is 0.222. The van der Waals surface area contributed by atoms with E-state index in [9.17, 15) is 4.79 Å². The Bertz CT molecular complexity index is 822. The molecule has 3 rings (SSSR count). The second kappa shape index (κ2) is 7.59. The molecule has 0 aliphatic rings. The summed E-state index contributed by atoms with van der Waals surface area (Å²) in [6.45, 7) is 4.73. The molecule has 24 heavy (non-hydrogen) atoms. The largest absolute Gasteiger partial charge is 0.494 e. The Hall–Kier alpha value is -2.18. The Morgan fingerprint density at radius 1 is 1.21 bits per heavy atom. The average Bonchev–Trinajstić information content (AvgIpc) is 3.23. The summed E-state index contributed by atoms with van der Waals surface area (Å²) in [5, 5.41) is 5.87. The highest BCUT2D eigenvalue weighted by Crippen LogP contribution is 2.33. The quantitative estimate of drug-likeness (QED) is 0.702. The maximum atomic E-state index is 11.0. The molecule has 4 nitrogen and oxygen atoms in total. The SMILES string of the molecule is CCOc1ccc(-c2nc(-c3ccc(CNC(C)=O)s3)cs2)cc1. The summed E-state index contributed by atoms with van der Waals surface area (Å²) in [7, 11) is 0. The number of hydrogen-bond acceptors (Lipinski definition) is 5. The van der Waals surface area contributed by atoms with Crippen molar-refractivity contribution >= 4 is 28.6 Å². The molecule has 2 heterocycles. The standard InChI is InChI=1S/C18H18N2O2S2/c1-3-22-14-6-4-13(5-7-14)18-20-16(11-23-18)17-9-8-15(24-17)10-19-12(2)21/h4-9,11H,3,10H2,1-2H3,(H,19,21). The molecule has 0 fully saturated rings. The third kappa shape index (κ3) is 4.01. The summed E-state index contributed by atoms with van der Waals surface area (Å²) >= 11 is 3.28. The molecule has 6 heteroatoms. The van der Waals surface area contributed by atoms with E-state index < -0.39 is 0 Å². The lowest BCUT2D eigenvalue weighted by Gasteiger charge is -2.02. The first-order valence-electron chi connectivity index (χ1n) is 7.68. The highest BCUT2D eigenvalue weighted by atomic mass is 32.1. The van der Waals surface area contributed by atoms with Gasteiger partial charge in [-0.25, -0.2) is 4.98 Å². The van der Waals surface area contributed by atoms with Crippen molar-refractivity contribution in [1.29, 1.82) is 0 Å². The van der Waals surface area contributed by atoms with Gasteiger partial charge >= 0.3 is 0 Å². The number of benzene rings is 1. The normalized spacial score (nSPS) is 10.6. The zero-order valence-electron chi connectivity index (χ0n) is 13.5. The van der Waals surface area contributed by atoms with Gasteiger partial charge in [0.1, 0.15) is 10.8 Å². The van der Waals surface area contributed by atoms with Crippen molar-refractivity contribution in [3.63, 3.8) is 0 Å². The Balaban J connectivity index is 1.74. The third-order valence-corrected chi connectivity index (χ3v) is 5.34. The summed E-state index contributed by atoms with van der Waals surface area (Å²) in [4.78, 5) is 18.0. The Morgan fingerprint density at radius 2 is 2.00 bits per heavy atom. The molecule has 0 unspecified atom stereocenters. The second-order valence-corrected chi connectivity index (χ2v) is 7.20. The molecular weight excluding hydrogens is 340 g/mol. The van der Waals surface area contributed by atoms with E-state index in [4.69, 9.17) is 9.72 Å². The van der Waals surface area contributed by atoms with E-state index in [2.05, 4.69) is 16.8 Å². The first kappa shape index (κ1) is 16.7. The fourth-order valence-corrected chi connectivity index (χ4v) is 4.01. The number of carbonyl (C=O) groups excluding carboxylic acids is 1. The number of thiophene rings is 1. The lowest BCUT2D eigenvalue weighted by Crippen LogP contribution is -2.17. The maximum absolute atomic E-state index is 11.0. The Kier molecular flexibility index (Phi) is 5.27. The molecule has 2 aromatic heterocycles. The first-order valence-corrected chi connectivity index (χ1v) is 9.37. The highest BCUT2D eigenvalue weighted by molar-refractivity contribution is 7.16. The Morgan fingerprint density at radius 3 is 2.71 bits per heavy atom. The van der Waals surface area contributed by atoms with Gasteiger partial charge in [0.05, 0.1) is 23.7 Å². The first-order chi connectivity index (χ1) is 11.7. The minimum atomic E-state index is -0.0172. The van der Waals surface area contributed by atoms with Crippen molar-refractivity contribution in [3.8, 4) is 26.9 Å². The van der Waals surface area contributed by atoms with E-state index in [0.717, 1.165) is 31.8 Å². The van der Waals surface area contributed by atoms with Gasteiger partial charge in [0.15, 0.2) is 0 Å². The number of carbonyl (C=O) groups is 1. The van der Waals surface area contributed by atoms with Gasteiger partial charge in [0.2, 0.25) is 5.91 Å². The van der Waals surface area contributed by atoms with Crippen molar-refractivity contribution < 1.29 is 9.53 Å². The number of nitrogens with zero attached hydrogens (tertiary/aromatic N) is 1. The van der Waals surface area contributed by atoms with Crippen molar-refractivity contribution in [3.05, 3.63) is 46.7 Å². The third-order valence-electron chi connectivity index (χ3n) is 3.34. The molecule has 0 saturated carbocycles. The van der Waals surface area contributed by atoms with Gasteiger partial charge in [-0.3, -0.25) is 4.79 Å². The highest BCUT2D eigenvalue weighted by Gasteiger charge is 2.09. The van der Waals surface area contributed by atoms with Crippen LogP contribution in [-0.4, -0.2) is 17.5 Å². The number of nitrogens with one attached hydrogen (secondary N) is 1. The van der Waals surface area contributed by atoms with E-state index in [0.29, 0.717) is 13.2 Å². The fourth-order valence-electron chi connectivity index (χ4n) is 2.20. The number of ether oxygens (including phenoxy) is 1. The molecule has 124 valence electrons. The lowest BCUT2D eigenvalue weighted by atomic mass is 10.2. The van der Waals surface area contributed by atoms with Crippen LogP contribution in [0.1, 0.15) is 18.7 Å². The van der Waals surface area contributed by atoms with E-state index in [1.807, 2.05) is 37.3 Å². The molecule has 0 bridgehead atoms. The van der Waals surface area contributed by atoms with Crippen LogP contribution in [0.2, 0.25) is 0 Å². The number of hydrogen-bond donors (Lipinski definition) is 1. The molecular formula is C18H18N2O2S2. The average molecular weight is 358 g/mol. The van der Waals surface area contributed by atoms with Gasteiger partial charge in [-0.05, 0) is 43.3 Å². The van der Waals surface area contributed by atoms with Crippen LogP contribution < -0.4 is 10.1 Å². The number of amides is 1. The van der Waals surface area contributed by atoms with Crippen LogP contribution in [0.15, 0.2) is 41.8 Å². The van der Waals surface area contributed by atoms with Gasteiger partial charge in [0, 0.05) is 22.7 Å². The molecule has 0 aliphatic heterocycles. The summed E-state index contributed by atoms with van der Waals surface area (Å²) in [6.07, 6.45) is 0. The predicted octanol–water partition coefficient (Wildman–Crippen LogP) is 4.57. The number of thiazole rings is 1. The minimum absolute atomic E-state index is 0.0172. The van der Waals surface area contributed by atoms with Crippen molar-refractivity contribution in [2.45, 2.75) is 20.4 Å². The molecule has 1 N–H and O–H groups in total. The summed E-state index contributed by atoms with van der Waals surface area (Å²) in [5.74, 6) is 0.857. The van der Waals surface area contributed by atoms with E-state index in [-0.39, 0.29) is 5.91 Å². The van der Waals surface area contributed by atoms with Crippen LogP contribution in [0, 0.1) is 0 Å². The molecule has 3 aromatic rings. The van der Waals surface area contributed by atoms with Crippen LogP contribution in [-0.2, 0) is 11.3 Å². The number of rotatable bonds is 6. The topological polar surface area (TPSA) is 51.2 Å². The maximum Gasteiger partial charge on any atom is 0.217 e. The van der Waals surface area contributed by atoms with Crippen molar-refractivity contribution in [2.75, 3.05) is 6.61 Å². The predicted molar refractivity (Wildman–Crippen MR) is 99.6 cm³/mol. The minimum Gasteiger partial charge on any atom is -0.494 e. The monoisotopic (exact) mass is 358 g/mol. The van der Waals surface area contributed by atoms with Crippen LogP contribution in [0.5, 0.6) is 5.75 Å². The number of aromatic nitrogens is 1. The van der Waals surface area contributed by atoms with Crippen molar-refractivity contribution in [1.82, 2.24) is 10.3 Å². The van der Waals surface area contributed by atoms with Crippen LogP contribution in [0.4, 0.5) is 0 Å². The molecule has 0 spiro atoms.